The average molecular weight is 330 g/mol. The predicted octanol–water partition coefficient (Wildman–Crippen LogP) is 1.30. The van der Waals surface area contributed by atoms with E-state index in [4.69, 9.17) is 4.74 Å². The molecule has 3 heterocycles. The molecular weight excluding hydrogens is 304 g/mol. The fourth-order valence-corrected chi connectivity index (χ4v) is 2.87. The normalized spacial score (nSPS) is 17.5. The summed E-state index contributed by atoms with van der Waals surface area (Å²) in [6.07, 6.45) is 7.48. The Morgan fingerprint density at radius 3 is 3.00 bits per heavy atom. The highest BCUT2D eigenvalue weighted by atomic mass is 16.5. The van der Waals surface area contributed by atoms with Gasteiger partial charge in [0, 0.05) is 64.1 Å². The molecular formula is C17H26N6O. The molecule has 0 aromatic carbocycles. The van der Waals surface area contributed by atoms with Crippen LogP contribution >= 0.6 is 0 Å². The van der Waals surface area contributed by atoms with E-state index >= 15 is 0 Å². The van der Waals surface area contributed by atoms with Crippen LogP contribution in [0.2, 0.25) is 0 Å². The standard InChI is InChI=1S/C17H26N6O/c1-22(7-3-17-19-6-9-23(17)2)8-5-18-16-11-15(20-13-21-16)14-4-10-24-12-14/h6,9,11,13-14H,3-5,7-8,10,12H2,1-2H3,(H,18,20,21). The van der Waals surface area contributed by atoms with Crippen molar-refractivity contribution in [3.05, 3.63) is 36.3 Å². The Labute approximate surface area is 143 Å². The monoisotopic (exact) mass is 330 g/mol. The molecule has 7 heteroatoms. The van der Waals surface area contributed by atoms with Gasteiger partial charge in [-0.25, -0.2) is 15.0 Å². The first kappa shape index (κ1) is 16.9. The van der Waals surface area contributed by atoms with Crippen LogP contribution in [0.4, 0.5) is 5.82 Å². The van der Waals surface area contributed by atoms with Gasteiger partial charge in [0.25, 0.3) is 0 Å². The van der Waals surface area contributed by atoms with Crippen molar-refractivity contribution < 1.29 is 4.74 Å². The van der Waals surface area contributed by atoms with Crippen LogP contribution in [0.15, 0.2) is 24.8 Å². The van der Waals surface area contributed by atoms with Gasteiger partial charge in [-0.05, 0) is 13.5 Å². The maximum Gasteiger partial charge on any atom is 0.129 e. The average Bonchev–Trinajstić information content (AvgIpc) is 3.25. The zero-order valence-electron chi connectivity index (χ0n) is 14.5. The molecule has 0 bridgehead atoms. The van der Waals surface area contributed by atoms with E-state index in [0.29, 0.717) is 5.92 Å². The summed E-state index contributed by atoms with van der Waals surface area (Å²) < 4.78 is 7.51. The molecule has 1 atom stereocenters. The van der Waals surface area contributed by atoms with Crippen molar-refractivity contribution in [2.45, 2.75) is 18.8 Å². The van der Waals surface area contributed by atoms with Crippen molar-refractivity contribution in [1.29, 1.82) is 0 Å². The van der Waals surface area contributed by atoms with Gasteiger partial charge in [-0.3, -0.25) is 0 Å². The number of ether oxygens (including phenoxy) is 1. The van der Waals surface area contributed by atoms with Crippen LogP contribution in [0, 0.1) is 0 Å². The molecule has 0 aliphatic carbocycles. The molecule has 24 heavy (non-hydrogen) atoms. The third kappa shape index (κ3) is 4.52. The van der Waals surface area contributed by atoms with E-state index in [1.807, 2.05) is 25.5 Å². The fourth-order valence-electron chi connectivity index (χ4n) is 2.87. The first-order valence-corrected chi connectivity index (χ1v) is 8.50. The third-order valence-electron chi connectivity index (χ3n) is 4.47. The van der Waals surface area contributed by atoms with E-state index in [1.165, 1.54) is 0 Å². The van der Waals surface area contributed by atoms with E-state index in [2.05, 4.69) is 36.8 Å². The number of nitrogens with one attached hydrogen (secondary N) is 1. The van der Waals surface area contributed by atoms with Crippen molar-refractivity contribution >= 4 is 5.82 Å². The van der Waals surface area contributed by atoms with Crippen molar-refractivity contribution in [2.75, 3.05) is 45.2 Å². The molecule has 1 N–H and O–H groups in total. The topological polar surface area (TPSA) is 68.1 Å². The molecule has 1 saturated heterocycles. The molecule has 0 radical (unpaired) electrons. The van der Waals surface area contributed by atoms with E-state index in [0.717, 1.165) is 63.0 Å². The molecule has 1 aliphatic rings. The van der Waals surface area contributed by atoms with Gasteiger partial charge in [-0.1, -0.05) is 0 Å². The molecule has 7 nitrogen and oxygen atoms in total. The number of aromatic nitrogens is 4. The molecule has 1 unspecified atom stereocenters. The number of nitrogens with zero attached hydrogens (tertiary/aromatic N) is 5. The lowest BCUT2D eigenvalue weighted by molar-refractivity contribution is 0.193. The van der Waals surface area contributed by atoms with Gasteiger partial charge in [-0.15, -0.1) is 0 Å². The molecule has 1 fully saturated rings. The van der Waals surface area contributed by atoms with Crippen LogP contribution in [0.5, 0.6) is 0 Å². The summed E-state index contributed by atoms with van der Waals surface area (Å²) in [6.45, 7) is 4.40. The summed E-state index contributed by atoms with van der Waals surface area (Å²) in [7, 11) is 4.16. The summed E-state index contributed by atoms with van der Waals surface area (Å²) >= 11 is 0. The predicted molar refractivity (Wildman–Crippen MR) is 93.1 cm³/mol. The molecule has 130 valence electrons. The lowest BCUT2D eigenvalue weighted by Gasteiger charge is -2.17. The quantitative estimate of drug-likeness (QED) is 0.787. The molecule has 0 saturated carbocycles. The van der Waals surface area contributed by atoms with Crippen LogP contribution in [0.1, 0.15) is 23.9 Å². The number of likely N-dealkylation sites (N-methyl/N-ethyl adjacent to an activating group) is 1. The molecule has 2 aromatic heterocycles. The van der Waals surface area contributed by atoms with Crippen LogP contribution < -0.4 is 5.32 Å². The van der Waals surface area contributed by atoms with Crippen LogP contribution in [0.3, 0.4) is 0 Å². The first-order valence-electron chi connectivity index (χ1n) is 8.50. The zero-order chi connectivity index (χ0) is 16.8. The van der Waals surface area contributed by atoms with Crippen LogP contribution in [-0.4, -0.2) is 64.3 Å². The van der Waals surface area contributed by atoms with E-state index < -0.39 is 0 Å². The van der Waals surface area contributed by atoms with Crippen molar-refractivity contribution in [2.24, 2.45) is 7.05 Å². The van der Waals surface area contributed by atoms with Crippen LogP contribution in [-0.2, 0) is 18.2 Å². The van der Waals surface area contributed by atoms with E-state index in [1.54, 1.807) is 6.33 Å². The van der Waals surface area contributed by atoms with Gasteiger partial charge in [0.1, 0.15) is 18.0 Å². The van der Waals surface area contributed by atoms with Gasteiger partial charge in [0.2, 0.25) is 0 Å². The summed E-state index contributed by atoms with van der Waals surface area (Å²) in [5.41, 5.74) is 1.08. The summed E-state index contributed by atoms with van der Waals surface area (Å²) in [6, 6.07) is 2.05. The minimum absolute atomic E-state index is 0.411. The highest BCUT2D eigenvalue weighted by Crippen LogP contribution is 2.24. The lowest BCUT2D eigenvalue weighted by atomic mass is 10.1. The lowest BCUT2D eigenvalue weighted by Crippen LogP contribution is -2.28. The van der Waals surface area contributed by atoms with Crippen LogP contribution in [0.25, 0.3) is 0 Å². The number of anilines is 1. The maximum absolute atomic E-state index is 5.44. The van der Waals surface area contributed by atoms with Gasteiger partial charge in [-0.2, -0.15) is 0 Å². The summed E-state index contributed by atoms with van der Waals surface area (Å²) in [5, 5.41) is 3.39. The van der Waals surface area contributed by atoms with Gasteiger partial charge in [0.15, 0.2) is 0 Å². The highest BCUT2D eigenvalue weighted by molar-refractivity contribution is 5.36. The third-order valence-corrected chi connectivity index (χ3v) is 4.47. The van der Waals surface area contributed by atoms with Gasteiger partial charge >= 0.3 is 0 Å². The first-order chi connectivity index (χ1) is 11.7. The second-order valence-electron chi connectivity index (χ2n) is 6.32. The Hall–Kier alpha value is -1.99. The van der Waals surface area contributed by atoms with Crippen molar-refractivity contribution in [3.63, 3.8) is 0 Å². The van der Waals surface area contributed by atoms with E-state index in [-0.39, 0.29) is 0 Å². The van der Waals surface area contributed by atoms with Crippen molar-refractivity contribution in [1.82, 2.24) is 24.4 Å². The number of rotatable bonds is 8. The van der Waals surface area contributed by atoms with Gasteiger partial charge in [0.05, 0.1) is 12.3 Å². The molecule has 2 aromatic rings. The SMILES string of the molecule is CN(CCNc1cc(C2CCOC2)ncn1)CCc1nccn1C. The number of aryl methyl sites for hydroxylation is 1. The highest BCUT2D eigenvalue weighted by Gasteiger charge is 2.19. The smallest absolute Gasteiger partial charge is 0.129 e. The number of imidazole rings is 1. The summed E-state index contributed by atoms with van der Waals surface area (Å²) in [5.74, 6) is 2.42. The Morgan fingerprint density at radius 2 is 2.25 bits per heavy atom. The fraction of sp³-hybridized carbons (Fsp3) is 0.588. The van der Waals surface area contributed by atoms with Gasteiger partial charge < -0.3 is 19.5 Å². The molecule has 0 spiro atoms. The number of hydrogen-bond acceptors (Lipinski definition) is 6. The Morgan fingerprint density at radius 1 is 1.33 bits per heavy atom. The Kier molecular flexibility index (Phi) is 5.77. The zero-order valence-corrected chi connectivity index (χ0v) is 14.5. The van der Waals surface area contributed by atoms with E-state index in [9.17, 15) is 0 Å². The largest absolute Gasteiger partial charge is 0.381 e. The summed E-state index contributed by atoms with van der Waals surface area (Å²) in [4.78, 5) is 15.3. The molecule has 0 amide bonds. The Bertz CT molecular complexity index is 638. The maximum atomic E-state index is 5.44. The number of hydrogen-bond donors (Lipinski definition) is 1. The second-order valence-corrected chi connectivity index (χ2v) is 6.32. The minimum atomic E-state index is 0.411. The second kappa shape index (κ2) is 8.21. The minimum Gasteiger partial charge on any atom is -0.381 e. The molecule has 1 aliphatic heterocycles. The Balaban J connectivity index is 1.41. The molecule has 3 rings (SSSR count). The van der Waals surface area contributed by atoms with Crippen molar-refractivity contribution in [3.8, 4) is 0 Å².